The van der Waals surface area contributed by atoms with E-state index in [0.717, 1.165) is 17.7 Å². The third kappa shape index (κ3) is 4.37. The fourth-order valence-electron chi connectivity index (χ4n) is 2.53. The van der Waals surface area contributed by atoms with Crippen LogP contribution in [0.5, 0.6) is 0 Å². The number of hydrogen-bond acceptors (Lipinski definition) is 3. The quantitative estimate of drug-likeness (QED) is 0.700. The number of benzene rings is 2. The average Bonchev–Trinajstić information content (AvgIpc) is 2.65. The summed E-state index contributed by atoms with van der Waals surface area (Å²) in [5.41, 5.74) is 1.35. The number of aromatic nitrogens is 1. The Hall–Kier alpha value is -3.61. The lowest BCUT2D eigenvalue weighted by Gasteiger charge is -2.12. The Morgan fingerprint density at radius 2 is 1.54 bits per heavy atom. The molecule has 0 fully saturated rings. The number of carbonyl (C=O) groups excluding carboxylic acids is 2. The van der Waals surface area contributed by atoms with Crippen LogP contribution in [-0.2, 0) is 0 Å². The van der Waals surface area contributed by atoms with Gasteiger partial charge in [0.05, 0.1) is 16.8 Å². The SMILES string of the molecule is Cc1ccc(NC(=O)c2cc(F)ccc2NC(=O)c2ccc(C)cc2F)nc1. The first-order chi connectivity index (χ1) is 13.3. The fourth-order valence-corrected chi connectivity index (χ4v) is 2.53. The molecule has 0 atom stereocenters. The van der Waals surface area contributed by atoms with E-state index in [1.54, 1.807) is 31.3 Å². The first kappa shape index (κ1) is 19.2. The standard InChI is InChI=1S/C21H17F2N3O2/c1-12-3-6-15(17(23)9-12)20(27)25-18-7-5-14(22)10-16(18)21(28)26-19-8-4-13(2)11-24-19/h3-11H,1-2H3,(H,25,27)(H,24,26,28). The molecule has 3 aromatic rings. The highest BCUT2D eigenvalue weighted by Crippen LogP contribution is 2.21. The van der Waals surface area contributed by atoms with Gasteiger partial charge in [0, 0.05) is 6.20 Å². The van der Waals surface area contributed by atoms with Gasteiger partial charge in [-0.2, -0.15) is 0 Å². The second-order valence-corrected chi connectivity index (χ2v) is 6.30. The molecule has 1 aromatic heterocycles. The van der Waals surface area contributed by atoms with Crippen molar-refractivity contribution >= 4 is 23.3 Å². The molecule has 0 unspecified atom stereocenters. The summed E-state index contributed by atoms with van der Waals surface area (Å²) in [6.07, 6.45) is 1.57. The van der Waals surface area contributed by atoms with Crippen molar-refractivity contribution in [3.63, 3.8) is 0 Å². The second-order valence-electron chi connectivity index (χ2n) is 6.30. The van der Waals surface area contributed by atoms with Crippen LogP contribution >= 0.6 is 0 Å². The molecular formula is C21H17F2N3O2. The molecule has 0 radical (unpaired) electrons. The first-order valence-electron chi connectivity index (χ1n) is 8.44. The molecule has 3 rings (SSSR count). The molecule has 7 heteroatoms. The van der Waals surface area contributed by atoms with E-state index in [1.165, 1.54) is 18.2 Å². The summed E-state index contributed by atoms with van der Waals surface area (Å²) in [5.74, 6) is -2.46. The van der Waals surface area contributed by atoms with Crippen molar-refractivity contribution < 1.29 is 18.4 Å². The molecule has 0 aliphatic carbocycles. The van der Waals surface area contributed by atoms with Gasteiger partial charge in [-0.05, 0) is 61.4 Å². The van der Waals surface area contributed by atoms with E-state index in [9.17, 15) is 18.4 Å². The molecule has 0 saturated heterocycles. The monoisotopic (exact) mass is 381 g/mol. The number of hydrogen-bond donors (Lipinski definition) is 2. The van der Waals surface area contributed by atoms with Gasteiger partial charge in [0.1, 0.15) is 17.5 Å². The first-order valence-corrected chi connectivity index (χ1v) is 8.44. The largest absolute Gasteiger partial charge is 0.321 e. The Morgan fingerprint density at radius 1 is 0.821 bits per heavy atom. The van der Waals surface area contributed by atoms with Gasteiger partial charge >= 0.3 is 0 Å². The van der Waals surface area contributed by atoms with Crippen molar-refractivity contribution in [1.82, 2.24) is 4.98 Å². The van der Waals surface area contributed by atoms with Crippen LogP contribution in [0.15, 0.2) is 54.7 Å². The van der Waals surface area contributed by atoms with E-state index in [0.29, 0.717) is 5.56 Å². The molecule has 0 aliphatic heterocycles. The van der Waals surface area contributed by atoms with Crippen LogP contribution < -0.4 is 10.6 Å². The second kappa shape index (κ2) is 7.96. The van der Waals surface area contributed by atoms with Gasteiger partial charge in [0.2, 0.25) is 0 Å². The van der Waals surface area contributed by atoms with E-state index in [1.807, 2.05) is 6.92 Å². The Labute approximate surface area is 160 Å². The molecule has 142 valence electrons. The van der Waals surface area contributed by atoms with Gasteiger partial charge < -0.3 is 10.6 Å². The number of aryl methyl sites for hydroxylation is 2. The zero-order chi connectivity index (χ0) is 20.3. The molecule has 2 amide bonds. The minimum Gasteiger partial charge on any atom is -0.321 e. The normalized spacial score (nSPS) is 10.4. The molecule has 1 heterocycles. The highest BCUT2D eigenvalue weighted by Gasteiger charge is 2.18. The lowest BCUT2D eigenvalue weighted by atomic mass is 10.1. The van der Waals surface area contributed by atoms with Crippen LogP contribution in [0.25, 0.3) is 0 Å². The molecule has 2 aromatic carbocycles. The highest BCUT2D eigenvalue weighted by molar-refractivity contribution is 6.12. The van der Waals surface area contributed by atoms with E-state index in [4.69, 9.17) is 0 Å². The van der Waals surface area contributed by atoms with Crippen molar-refractivity contribution in [2.24, 2.45) is 0 Å². The van der Waals surface area contributed by atoms with Crippen LogP contribution in [-0.4, -0.2) is 16.8 Å². The number of amides is 2. The Morgan fingerprint density at radius 3 is 2.21 bits per heavy atom. The lowest BCUT2D eigenvalue weighted by molar-refractivity contribution is 0.102. The topological polar surface area (TPSA) is 71.1 Å². The summed E-state index contributed by atoms with van der Waals surface area (Å²) in [6, 6.07) is 10.9. The van der Waals surface area contributed by atoms with Gasteiger partial charge in [-0.1, -0.05) is 12.1 Å². The van der Waals surface area contributed by atoms with Crippen molar-refractivity contribution in [3.05, 3.63) is 88.6 Å². The maximum Gasteiger partial charge on any atom is 0.259 e. The predicted molar refractivity (Wildman–Crippen MR) is 102 cm³/mol. The van der Waals surface area contributed by atoms with Crippen LogP contribution in [0.3, 0.4) is 0 Å². The van der Waals surface area contributed by atoms with Crippen molar-refractivity contribution in [2.45, 2.75) is 13.8 Å². The van der Waals surface area contributed by atoms with Crippen LogP contribution in [0.2, 0.25) is 0 Å². The van der Waals surface area contributed by atoms with E-state index in [-0.39, 0.29) is 22.6 Å². The lowest BCUT2D eigenvalue weighted by Crippen LogP contribution is -2.19. The summed E-state index contributed by atoms with van der Waals surface area (Å²) in [6.45, 7) is 3.55. The summed E-state index contributed by atoms with van der Waals surface area (Å²) < 4.78 is 27.7. The molecule has 0 aliphatic rings. The summed E-state index contributed by atoms with van der Waals surface area (Å²) in [4.78, 5) is 29.0. The third-order valence-corrected chi connectivity index (χ3v) is 4.00. The predicted octanol–water partition coefficient (Wildman–Crippen LogP) is 4.48. The Bertz CT molecular complexity index is 1050. The highest BCUT2D eigenvalue weighted by atomic mass is 19.1. The number of nitrogens with zero attached hydrogens (tertiary/aromatic N) is 1. The number of pyridine rings is 1. The minimum absolute atomic E-state index is 0.0518. The number of rotatable bonds is 4. The fraction of sp³-hybridized carbons (Fsp3) is 0.0952. The van der Waals surface area contributed by atoms with Crippen molar-refractivity contribution in [3.8, 4) is 0 Å². The number of halogens is 2. The molecule has 0 saturated carbocycles. The van der Waals surface area contributed by atoms with Crippen LogP contribution in [0.1, 0.15) is 31.8 Å². The zero-order valence-corrected chi connectivity index (χ0v) is 15.2. The van der Waals surface area contributed by atoms with Gasteiger partial charge in [0.25, 0.3) is 11.8 Å². The number of carbonyl (C=O) groups is 2. The van der Waals surface area contributed by atoms with Crippen molar-refractivity contribution in [1.29, 1.82) is 0 Å². The third-order valence-electron chi connectivity index (χ3n) is 4.00. The van der Waals surface area contributed by atoms with E-state index >= 15 is 0 Å². The van der Waals surface area contributed by atoms with Gasteiger partial charge in [-0.3, -0.25) is 9.59 Å². The maximum atomic E-state index is 14.0. The van der Waals surface area contributed by atoms with Gasteiger partial charge in [-0.25, -0.2) is 13.8 Å². The van der Waals surface area contributed by atoms with Crippen LogP contribution in [0, 0.1) is 25.5 Å². The molecule has 28 heavy (non-hydrogen) atoms. The maximum absolute atomic E-state index is 14.0. The average molecular weight is 381 g/mol. The number of anilines is 2. The smallest absolute Gasteiger partial charge is 0.259 e. The molecular weight excluding hydrogens is 364 g/mol. The Balaban J connectivity index is 1.86. The molecule has 0 bridgehead atoms. The van der Waals surface area contributed by atoms with Gasteiger partial charge in [-0.15, -0.1) is 0 Å². The summed E-state index contributed by atoms with van der Waals surface area (Å²) in [7, 11) is 0. The Kier molecular flexibility index (Phi) is 5.44. The van der Waals surface area contributed by atoms with Crippen molar-refractivity contribution in [2.75, 3.05) is 10.6 Å². The zero-order valence-electron chi connectivity index (χ0n) is 15.2. The van der Waals surface area contributed by atoms with Crippen LogP contribution in [0.4, 0.5) is 20.3 Å². The summed E-state index contributed by atoms with van der Waals surface area (Å²) >= 11 is 0. The molecule has 2 N–H and O–H groups in total. The minimum atomic E-state index is -0.744. The van der Waals surface area contributed by atoms with Gasteiger partial charge in [0.15, 0.2) is 0 Å². The molecule has 0 spiro atoms. The summed E-state index contributed by atoms with van der Waals surface area (Å²) in [5, 5.41) is 5.01. The van der Waals surface area contributed by atoms with E-state index < -0.39 is 23.4 Å². The van der Waals surface area contributed by atoms with E-state index in [2.05, 4.69) is 15.6 Å². The number of nitrogens with one attached hydrogen (secondary N) is 2. The molecule has 5 nitrogen and oxygen atoms in total.